The van der Waals surface area contributed by atoms with E-state index in [2.05, 4.69) is 0 Å². The number of hydrogen-bond acceptors (Lipinski definition) is 3. The maximum atomic E-state index is 11.5. The molecule has 0 aromatic rings. The van der Waals surface area contributed by atoms with Gasteiger partial charge in [0.25, 0.3) is 0 Å². The van der Waals surface area contributed by atoms with Crippen LogP contribution in [0.3, 0.4) is 0 Å². The second kappa shape index (κ2) is 2.71. The smallest absolute Gasteiger partial charge is 0.311 e. The summed E-state index contributed by atoms with van der Waals surface area (Å²) in [5.74, 6) is -0.0173. The lowest BCUT2D eigenvalue weighted by atomic mass is 9.46. The molecule has 3 nitrogen and oxygen atoms in total. The third-order valence-electron chi connectivity index (χ3n) is 3.84. The highest BCUT2D eigenvalue weighted by Crippen LogP contribution is 2.63. The Kier molecular flexibility index (Phi) is 1.88. The monoisotopic (exact) mass is 183 g/mol. The average Bonchev–Trinajstić information content (AvgIpc) is 2.15. The lowest BCUT2D eigenvalue weighted by Crippen LogP contribution is -2.57. The highest BCUT2D eigenvalue weighted by molar-refractivity contribution is 5.78. The number of carbonyl (C=O) groups excluding carboxylic acids is 1. The van der Waals surface area contributed by atoms with Crippen molar-refractivity contribution in [1.29, 1.82) is 0 Å². The van der Waals surface area contributed by atoms with Gasteiger partial charge in [-0.2, -0.15) is 0 Å². The Labute approximate surface area is 78.6 Å². The standard InChI is InChI=1S/C10H17NO2/c1-13-8(12)10-4-2-3-9(5-10,6-10)7-11/h2-7,11H2,1H3. The van der Waals surface area contributed by atoms with Crippen LogP contribution in [0.5, 0.6) is 0 Å². The van der Waals surface area contributed by atoms with Crippen molar-refractivity contribution in [2.75, 3.05) is 13.7 Å². The molecule has 3 aliphatic rings. The van der Waals surface area contributed by atoms with E-state index in [4.69, 9.17) is 10.5 Å². The second-order valence-corrected chi connectivity index (χ2v) is 4.68. The average molecular weight is 183 g/mol. The molecule has 0 aromatic heterocycles. The molecule has 3 saturated carbocycles. The van der Waals surface area contributed by atoms with Crippen LogP contribution in [-0.4, -0.2) is 19.6 Å². The zero-order chi connectivity index (χ0) is 9.53. The maximum absolute atomic E-state index is 11.5. The van der Waals surface area contributed by atoms with Crippen LogP contribution in [0, 0.1) is 10.8 Å². The number of fused-ring (bicyclic) bond motifs is 2. The van der Waals surface area contributed by atoms with Crippen LogP contribution in [-0.2, 0) is 9.53 Å². The molecule has 0 saturated heterocycles. The summed E-state index contributed by atoms with van der Waals surface area (Å²) in [6.45, 7) is 0.728. The van der Waals surface area contributed by atoms with E-state index < -0.39 is 0 Å². The van der Waals surface area contributed by atoms with Gasteiger partial charge in [0, 0.05) is 0 Å². The molecule has 3 heteroatoms. The van der Waals surface area contributed by atoms with Crippen LogP contribution in [0.15, 0.2) is 0 Å². The summed E-state index contributed by atoms with van der Waals surface area (Å²) in [5, 5.41) is 0. The van der Waals surface area contributed by atoms with E-state index in [-0.39, 0.29) is 16.8 Å². The van der Waals surface area contributed by atoms with Gasteiger partial charge < -0.3 is 10.5 Å². The van der Waals surface area contributed by atoms with Crippen molar-refractivity contribution < 1.29 is 9.53 Å². The normalized spacial score (nSPS) is 42.3. The van der Waals surface area contributed by atoms with Crippen molar-refractivity contribution >= 4 is 5.97 Å². The molecule has 2 bridgehead atoms. The Morgan fingerprint density at radius 3 is 2.69 bits per heavy atom. The van der Waals surface area contributed by atoms with E-state index in [1.165, 1.54) is 13.5 Å². The van der Waals surface area contributed by atoms with Gasteiger partial charge in [-0.05, 0) is 37.6 Å². The predicted molar refractivity (Wildman–Crippen MR) is 49.0 cm³/mol. The Balaban J connectivity index is 2.10. The van der Waals surface area contributed by atoms with Crippen molar-refractivity contribution in [1.82, 2.24) is 0 Å². The molecule has 74 valence electrons. The third kappa shape index (κ3) is 1.10. The number of methoxy groups -OCH3 is 1. The van der Waals surface area contributed by atoms with Crippen molar-refractivity contribution in [3.05, 3.63) is 0 Å². The molecular weight excluding hydrogens is 166 g/mol. The zero-order valence-electron chi connectivity index (χ0n) is 8.14. The van der Waals surface area contributed by atoms with E-state index in [1.807, 2.05) is 0 Å². The van der Waals surface area contributed by atoms with Gasteiger partial charge in [0.15, 0.2) is 0 Å². The molecule has 13 heavy (non-hydrogen) atoms. The summed E-state index contributed by atoms with van der Waals surface area (Å²) in [6, 6.07) is 0. The maximum Gasteiger partial charge on any atom is 0.311 e. The molecule has 0 aliphatic heterocycles. The summed E-state index contributed by atoms with van der Waals surface area (Å²) < 4.78 is 4.84. The molecule has 3 aliphatic carbocycles. The summed E-state index contributed by atoms with van der Waals surface area (Å²) >= 11 is 0. The Morgan fingerprint density at radius 1 is 1.46 bits per heavy atom. The molecular formula is C10H17NO2. The minimum Gasteiger partial charge on any atom is -0.469 e. The molecule has 0 heterocycles. The number of hydrogen-bond donors (Lipinski definition) is 1. The fourth-order valence-electron chi connectivity index (χ4n) is 3.25. The van der Waals surface area contributed by atoms with E-state index in [0.717, 1.165) is 32.2 Å². The van der Waals surface area contributed by atoms with Crippen LogP contribution in [0.25, 0.3) is 0 Å². The minimum absolute atomic E-state index is 0.0173. The van der Waals surface area contributed by atoms with Crippen molar-refractivity contribution in [2.24, 2.45) is 16.6 Å². The zero-order valence-corrected chi connectivity index (χ0v) is 8.14. The summed E-state index contributed by atoms with van der Waals surface area (Å²) in [6.07, 6.45) is 5.25. The van der Waals surface area contributed by atoms with Crippen LogP contribution in [0.2, 0.25) is 0 Å². The topological polar surface area (TPSA) is 52.3 Å². The van der Waals surface area contributed by atoms with Gasteiger partial charge in [-0.1, -0.05) is 6.42 Å². The van der Waals surface area contributed by atoms with Gasteiger partial charge in [0.1, 0.15) is 0 Å². The van der Waals surface area contributed by atoms with E-state index in [0.29, 0.717) is 0 Å². The van der Waals surface area contributed by atoms with Gasteiger partial charge in [-0.15, -0.1) is 0 Å². The number of esters is 1. The van der Waals surface area contributed by atoms with Gasteiger partial charge in [0.2, 0.25) is 0 Å². The van der Waals surface area contributed by atoms with E-state index >= 15 is 0 Å². The second-order valence-electron chi connectivity index (χ2n) is 4.68. The molecule has 3 fully saturated rings. The highest BCUT2D eigenvalue weighted by Gasteiger charge is 2.60. The first-order valence-electron chi connectivity index (χ1n) is 4.95. The number of rotatable bonds is 2. The molecule has 2 N–H and O–H groups in total. The van der Waals surface area contributed by atoms with E-state index in [1.54, 1.807) is 0 Å². The van der Waals surface area contributed by atoms with Crippen molar-refractivity contribution in [2.45, 2.75) is 32.1 Å². The molecule has 0 radical (unpaired) electrons. The largest absolute Gasteiger partial charge is 0.469 e. The Morgan fingerprint density at radius 2 is 2.15 bits per heavy atom. The fraction of sp³-hybridized carbons (Fsp3) is 0.900. The van der Waals surface area contributed by atoms with Crippen LogP contribution in [0.4, 0.5) is 0 Å². The predicted octanol–water partition coefficient (Wildman–Crippen LogP) is 1.07. The lowest BCUT2D eigenvalue weighted by Gasteiger charge is -2.58. The first kappa shape index (κ1) is 9.00. The molecule has 0 atom stereocenters. The SMILES string of the molecule is COC(=O)C12CCCC(CN)(C1)C2. The number of ether oxygens (including phenoxy) is 1. The van der Waals surface area contributed by atoms with Gasteiger partial charge in [0.05, 0.1) is 12.5 Å². The number of nitrogens with two attached hydrogens (primary N) is 1. The fourth-order valence-corrected chi connectivity index (χ4v) is 3.25. The minimum atomic E-state index is -0.146. The lowest BCUT2D eigenvalue weighted by molar-refractivity contribution is -0.178. The quantitative estimate of drug-likeness (QED) is 0.651. The molecule has 3 rings (SSSR count). The molecule has 0 amide bonds. The third-order valence-corrected chi connectivity index (χ3v) is 3.84. The van der Waals surface area contributed by atoms with Crippen LogP contribution >= 0.6 is 0 Å². The van der Waals surface area contributed by atoms with Crippen molar-refractivity contribution in [3.8, 4) is 0 Å². The number of carbonyl (C=O) groups is 1. The molecule has 0 unspecified atom stereocenters. The highest BCUT2D eigenvalue weighted by atomic mass is 16.5. The summed E-state index contributed by atoms with van der Waals surface area (Å²) in [5.41, 5.74) is 5.86. The van der Waals surface area contributed by atoms with Gasteiger partial charge in [-0.3, -0.25) is 4.79 Å². The Bertz CT molecular complexity index is 231. The van der Waals surface area contributed by atoms with E-state index in [9.17, 15) is 4.79 Å². The van der Waals surface area contributed by atoms with Gasteiger partial charge >= 0.3 is 5.97 Å². The Hall–Kier alpha value is -0.570. The molecule has 0 aromatic carbocycles. The van der Waals surface area contributed by atoms with Crippen LogP contribution < -0.4 is 5.73 Å². The first-order chi connectivity index (χ1) is 6.16. The van der Waals surface area contributed by atoms with Crippen molar-refractivity contribution in [3.63, 3.8) is 0 Å². The van der Waals surface area contributed by atoms with Gasteiger partial charge in [-0.25, -0.2) is 0 Å². The molecule has 0 spiro atoms. The summed E-state index contributed by atoms with van der Waals surface area (Å²) in [4.78, 5) is 11.5. The van der Waals surface area contributed by atoms with Crippen LogP contribution in [0.1, 0.15) is 32.1 Å². The summed E-state index contributed by atoms with van der Waals surface area (Å²) in [7, 11) is 1.48. The first-order valence-corrected chi connectivity index (χ1v) is 4.95.